The summed E-state index contributed by atoms with van der Waals surface area (Å²) >= 11 is 0. The summed E-state index contributed by atoms with van der Waals surface area (Å²) < 4.78 is 1.29. The Morgan fingerprint density at radius 2 is 1.97 bits per heavy atom. The maximum Gasteiger partial charge on any atom is 0.256 e. The summed E-state index contributed by atoms with van der Waals surface area (Å²) in [5, 5.41) is 17.5. The topological polar surface area (TPSA) is 82.8 Å². The van der Waals surface area contributed by atoms with Crippen LogP contribution in [0.3, 0.4) is 0 Å². The van der Waals surface area contributed by atoms with Crippen LogP contribution in [0, 0.1) is 5.92 Å². The minimum atomic E-state index is -0.205. The maximum atomic E-state index is 12.8. The fourth-order valence-electron chi connectivity index (χ4n) is 3.87. The summed E-state index contributed by atoms with van der Waals surface area (Å²) in [6.45, 7) is 7.24. The van der Waals surface area contributed by atoms with Crippen molar-refractivity contribution in [2.75, 3.05) is 19.6 Å². The number of rotatable bonds is 5. The van der Waals surface area contributed by atoms with E-state index in [4.69, 9.17) is 0 Å². The first kappa shape index (κ1) is 19.4. The van der Waals surface area contributed by atoms with E-state index in [-0.39, 0.29) is 11.8 Å². The summed E-state index contributed by atoms with van der Waals surface area (Å²) in [6.07, 6.45) is 3.64. The van der Waals surface area contributed by atoms with Crippen LogP contribution in [-0.4, -0.2) is 56.2 Å². The van der Waals surface area contributed by atoms with Crippen LogP contribution in [-0.2, 0) is 0 Å². The van der Waals surface area contributed by atoms with Gasteiger partial charge >= 0.3 is 0 Å². The largest absolute Gasteiger partial charge is 0.493 e. The number of amides is 1. The molecule has 0 radical (unpaired) electrons. The van der Waals surface area contributed by atoms with Crippen molar-refractivity contribution in [3.8, 4) is 17.1 Å². The quantitative estimate of drug-likeness (QED) is 0.696. The molecule has 1 amide bonds. The standard InChI is InChI=1S/C22H27N5O2/c1-15(2)26-10-8-16(9-11-26)13-23-22(29)18-14-24-27-20(28)12-19(25-21(18)27)17-6-4-3-5-7-17/h3-7,12,14-16,28H,8-11,13H2,1-2H3,(H,23,29). The molecule has 7 nitrogen and oxygen atoms in total. The third-order valence-corrected chi connectivity index (χ3v) is 5.70. The van der Waals surface area contributed by atoms with E-state index < -0.39 is 0 Å². The van der Waals surface area contributed by atoms with E-state index in [1.54, 1.807) is 6.07 Å². The van der Waals surface area contributed by atoms with Crippen LogP contribution in [0.4, 0.5) is 0 Å². The number of nitrogens with zero attached hydrogens (tertiary/aromatic N) is 4. The van der Waals surface area contributed by atoms with Gasteiger partial charge in [0.15, 0.2) is 5.65 Å². The molecule has 1 saturated heterocycles. The second kappa shape index (κ2) is 8.21. The summed E-state index contributed by atoms with van der Waals surface area (Å²) in [6, 6.07) is 11.7. The minimum Gasteiger partial charge on any atom is -0.493 e. The number of hydrogen-bond donors (Lipinski definition) is 2. The van der Waals surface area contributed by atoms with Crippen molar-refractivity contribution in [3.63, 3.8) is 0 Å². The van der Waals surface area contributed by atoms with Crippen molar-refractivity contribution in [1.82, 2.24) is 24.8 Å². The Kier molecular flexibility index (Phi) is 5.49. The van der Waals surface area contributed by atoms with E-state index in [0.29, 0.717) is 35.4 Å². The Labute approximate surface area is 170 Å². The van der Waals surface area contributed by atoms with Gasteiger partial charge < -0.3 is 15.3 Å². The molecule has 152 valence electrons. The third kappa shape index (κ3) is 4.10. The number of likely N-dealkylation sites (tertiary alicyclic amines) is 1. The number of hydrogen-bond acceptors (Lipinski definition) is 5. The number of aromatic nitrogens is 3. The molecule has 0 atom stereocenters. The van der Waals surface area contributed by atoms with E-state index in [2.05, 4.69) is 34.1 Å². The van der Waals surface area contributed by atoms with Crippen molar-refractivity contribution in [1.29, 1.82) is 0 Å². The molecule has 0 saturated carbocycles. The smallest absolute Gasteiger partial charge is 0.256 e. The summed E-state index contributed by atoms with van der Waals surface area (Å²) in [5.41, 5.74) is 2.20. The Balaban J connectivity index is 1.49. The molecule has 0 spiro atoms. The van der Waals surface area contributed by atoms with Crippen LogP contribution in [0.2, 0.25) is 0 Å². The van der Waals surface area contributed by atoms with Crippen LogP contribution < -0.4 is 5.32 Å². The second-order valence-corrected chi connectivity index (χ2v) is 7.94. The predicted octanol–water partition coefficient (Wildman–Crippen LogP) is 2.95. The summed E-state index contributed by atoms with van der Waals surface area (Å²) in [4.78, 5) is 19.9. The van der Waals surface area contributed by atoms with Gasteiger partial charge in [-0.05, 0) is 45.7 Å². The Hall–Kier alpha value is -2.93. The van der Waals surface area contributed by atoms with E-state index in [1.807, 2.05) is 30.3 Å². The zero-order chi connectivity index (χ0) is 20.4. The first-order valence-electron chi connectivity index (χ1n) is 10.2. The highest BCUT2D eigenvalue weighted by Gasteiger charge is 2.23. The van der Waals surface area contributed by atoms with Crippen LogP contribution in [0.25, 0.3) is 16.9 Å². The van der Waals surface area contributed by atoms with Gasteiger partial charge in [-0.25, -0.2) is 4.98 Å². The van der Waals surface area contributed by atoms with Crippen molar-refractivity contribution >= 4 is 11.6 Å². The van der Waals surface area contributed by atoms with Crippen molar-refractivity contribution in [2.24, 2.45) is 5.92 Å². The number of benzene rings is 1. The molecule has 7 heteroatoms. The fraction of sp³-hybridized carbons (Fsp3) is 0.409. The molecule has 1 aliphatic rings. The van der Waals surface area contributed by atoms with Crippen molar-refractivity contribution in [3.05, 3.63) is 48.2 Å². The molecule has 3 aromatic rings. The molecule has 1 aliphatic heterocycles. The highest BCUT2D eigenvalue weighted by atomic mass is 16.3. The molecule has 0 aliphatic carbocycles. The number of nitrogens with one attached hydrogen (secondary N) is 1. The molecular weight excluding hydrogens is 366 g/mol. The summed E-state index contributed by atoms with van der Waals surface area (Å²) in [7, 11) is 0. The number of carbonyl (C=O) groups is 1. The van der Waals surface area contributed by atoms with Gasteiger partial charge in [0, 0.05) is 24.2 Å². The van der Waals surface area contributed by atoms with Gasteiger partial charge in [-0.15, -0.1) is 0 Å². The lowest BCUT2D eigenvalue weighted by Crippen LogP contribution is -2.41. The Morgan fingerprint density at radius 3 is 2.66 bits per heavy atom. The van der Waals surface area contributed by atoms with Gasteiger partial charge in [-0.2, -0.15) is 9.61 Å². The molecule has 1 aromatic carbocycles. The molecule has 0 bridgehead atoms. The fourth-order valence-corrected chi connectivity index (χ4v) is 3.87. The molecule has 4 rings (SSSR count). The van der Waals surface area contributed by atoms with Crippen LogP contribution >= 0.6 is 0 Å². The van der Waals surface area contributed by atoms with Crippen LogP contribution in [0.5, 0.6) is 5.88 Å². The lowest BCUT2D eigenvalue weighted by molar-refractivity contribution is 0.0931. The monoisotopic (exact) mass is 393 g/mol. The molecule has 0 unspecified atom stereocenters. The molecule has 29 heavy (non-hydrogen) atoms. The van der Waals surface area contributed by atoms with Gasteiger partial charge in [0.05, 0.1) is 11.9 Å². The molecule has 2 N–H and O–H groups in total. The third-order valence-electron chi connectivity index (χ3n) is 5.70. The highest BCUT2D eigenvalue weighted by molar-refractivity contribution is 6.00. The molecule has 2 aromatic heterocycles. The number of fused-ring (bicyclic) bond motifs is 1. The zero-order valence-electron chi connectivity index (χ0n) is 16.9. The highest BCUT2D eigenvalue weighted by Crippen LogP contribution is 2.24. The van der Waals surface area contributed by atoms with E-state index >= 15 is 0 Å². The van der Waals surface area contributed by atoms with Crippen LogP contribution in [0.1, 0.15) is 37.0 Å². The second-order valence-electron chi connectivity index (χ2n) is 7.94. The first-order valence-corrected chi connectivity index (χ1v) is 10.2. The minimum absolute atomic E-state index is 0.0473. The molecule has 1 fully saturated rings. The van der Waals surface area contributed by atoms with Crippen LogP contribution in [0.15, 0.2) is 42.6 Å². The Bertz CT molecular complexity index is 991. The van der Waals surface area contributed by atoms with E-state index in [1.165, 1.54) is 10.7 Å². The predicted molar refractivity (Wildman–Crippen MR) is 112 cm³/mol. The van der Waals surface area contributed by atoms with Gasteiger partial charge in [-0.1, -0.05) is 30.3 Å². The van der Waals surface area contributed by atoms with E-state index in [0.717, 1.165) is 31.5 Å². The summed E-state index contributed by atoms with van der Waals surface area (Å²) in [5.74, 6) is 0.231. The maximum absolute atomic E-state index is 12.8. The number of piperidine rings is 1. The van der Waals surface area contributed by atoms with Crippen molar-refractivity contribution < 1.29 is 9.90 Å². The zero-order valence-corrected chi connectivity index (χ0v) is 16.9. The SMILES string of the molecule is CC(C)N1CCC(CNC(=O)c2cnn3c(O)cc(-c4ccccc4)nc23)CC1. The lowest BCUT2D eigenvalue weighted by Gasteiger charge is -2.34. The average Bonchev–Trinajstić information content (AvgIpc) is 3.17. The van der Waals surface area contributed by atoms with Crippen molar-refractivity contribution in [2.45, 2.75) is 32.7 Å². The number of carbonyl (C=O) groups excluding carboxylic acids is 1. The number of aromatic hydroxyl groups is 1. The lowest BCUT2D eigenvalue weighted by atomic mass is 9.96. The Morgan fingerprint density at radius 1 is 1.24 bits per heavy atom. The van der Waals surface area contributed by atoms with Gasteiger partial charge in [0.25, 0.3) is 5.91 Å². The molecular formula is C22H27N5O2. The van der Waals surface area contributed by atoms with Gasteiger partial charge in [0.1, 0.15) is 5.56 Å². The van der Waals surface area contributed by atoms with E-state index in [9.17, 15) is 9.90 Å². The normalized spacial score (nSPS) is 15.8. The molecule has 3 heterocycles. The first-order chi connectivity index (χ1) is 14.0. The average molecular weight is 393 g/mol. The van der Waals surface area contributed by atoms with Gasteiger partial charge in [-0.3, -0.25) is 4.79 Å². The van der Waals surface area contributed by atoms with Gasteiger partial charge in [0.2, 0.25) is 5.88 Å².